The van der Waals surface area contributed by atoms with Gasteiger partial charge in [-0.15, -0.1) is 0 Å². The molecule has 1 heterocycles. The number of rotatable bonds is 7. The minimum absolute atomic E-state index is 0.294. The Morgan fingerprint density at radius 1 is 0.941 bits per heavy atom. The second-order valence-corrected chi connectivity index (χ2v) is 7.89. The normalized spacial score (nSPS) is 15.3. The standard InChI is InChI=1S/C27H26N2O5/c1-17-7-9-18(10-8-17)16-34-22-6-4-5-20(15-22)25-23(26(30)33-3)24(28-27(31)29-25)19-11-13-21(32-2)14-12-19/h4-15,25H,16H2,1-3H3,(H2,28,29,31). The van der Waals surface area contributed by atoms with Crippen molar-refractivity contribution in [2.45, 2.75) is 19.6 Å². The van der Waals surface area contributed by atoms with Gasteiger partial charge < -0.3 is 24.8 Å². The number of amides is 2. The van der Waals surface area contributed by atoms with E-state index in [4.69, 9.17) is 14.2 Å². The Hall–Kier alpha value is -4.26. The van der Waals surface area contributed by atoms with Crippen molar-refractivity contribution in [3.63, 3.8) is 0 Å². The molecule has 4 rings (SSSR count). The molecule has 0 saturated heterocycles. The molecule has 0 radical (unpaired) electrons. The summed E-state index contributed by atoms with van der Waals surface area (Å²) >= 11 is 0. The van der Waals surface area contributed by atoms with E-state index < -0.39 is 18.0 Å². The highest BCUT2D eigenvalue weighted by molar-refractivity contribution is 6.04. The number of benzene rings is 3. The summed E-state index contributed by atoms with van der Waals surface area (Å²) in [4.78, 5) is 25.4. The summed E-state index contributed by atoms with van der Waals surface area (Å²) in [6.45, 7) is 2.44. The van der Waals surface area contributed by atoms with Gasteiger partial charge in [0.2, 0.25) is 0 Å². The third kappa shape index (κ3) is 5.04. The van der Waals surface area contributed by atoms with Gasteiger partial charge in [0.1, 0.15) is 18.1 Å². The third-order valence-electron chi connectivity index (χ3n) is 5.57. The van der Waals surface area contributed by atoms with Crippen molar-refractivity contribution >= 4 is 17.7 Å². The predicted octanol–water partition coefficient (Wildman–Crippen LogP) is 4.52. The van der Waals surface area contributed by atoms with Crippen LogP contribution in [0.1, 0.15) is 28.3 Å². The Balaban J connectivity index is 1.68. The Labute approximate surface area is 198 Å². The van der Waals surface area contributed by atoms with Crippen LogP contribution in [0.5, 0.6) is 11.5 Å². The van der Waals surface area contributed by atoms with Gasteiger partial charge in [0.05, 0.1) is 31.5 Å². The summed E-state index contributed by atoms with van der Waals surface area (Å²) in [6.07, 6.45) is 0. The second-order valence-electron chi connectivity index (χ2n) is 7.89. The third-order valence-corrected chi connectivity index (χ3v) is 5.57. The summed E-state index contributed by atoms with van der Waals surface area (Å²) in [7, 11) is 2.89. The lowest BCUT2D eigenvalue weighted by Gasteiger charge is -2.29. The number of ether oxygens (including phenoxy) is 3. The maximum absolute atomic E-state index is 12.9. The minimum Gasteiger partial charge on any atom is -0.497 e. The first-order chi connectivity index (χ1) is 16.5. The zero-order valence-corrected chi connectivity index (χ0v) is 19.3. The van der Waals surface area contributed by atoms with E-state index >= 15 is 0 Å². The molecule has 1 atom stereocenters. The topological polar surface area (TPSA) is 85.9 Å². The Morgan fingerprint density at radius 2 is 1.68 bits per heavy atom. The molecule has 1 aliphatic heterocycles. The molecule has 7 nitrogen and oxygen atoms in total. The molecule has 174 valence electrons. The number of methoxy groups -OCH3 is 2. The molecule has 2 amide bonds. The lowest BCUT2D eigenvalue weighted by molar-refractivity contribution is -0.136. The molecular formula is C27H26N2O5. The van der Waals surface area contributed by atoms with Crippen LogP contribution in [0.2, 0.25) is 0 Å². The van der Waals surface area contributed by atoms with Crippen LogP contribution in [0.15, 0.2) is 78.4 Å². The Morgan fingerprint density at radius 3 is 2.35 bits per heavy atom. The molecule has 3 aromatic carbocycles. The maximum Gasteiger partial charge on any atom is 0.338 e. The van der Waals surface area contributed by atoms with Crippen LogP contribution in [0.4, 0.5) is 4.79 Å². The average Bonchev–Trinajstić information content (AvgIpc) is 2.87. The summed E-state index contributed by atoms with van der Waals surface area (Å²) in [6, 6.07) is 21.4. The highest BCUT2D eigenvalue weighted by Gasteiger charge is 2.34. The Bertz CT molecular complexity index is 1220. The van der Waals surface area contributed by atoms with Crippen molar-refractivity contribution in [2.75, 3.05) is 14.2 Å². The highest BCUT2D eigenvalue weighted by atomic mass is 16.5. The van der Waals surface area contributed by atoms with E-state index in [1.807, 2.05) is 55.5 Å². The zero-order chi connectivity index (χ0) is 24.1. The van der Waals surface area contributed by atoms with E-state index in [2.05, 4.69) is 10.6 Å². The van der Waals surface area contributed by atoms with Gasteiger partial charge in [0.15, 0.2) is 0 Å². The zero-order valence-electron chi connectivity index (χ0n) is 19.3. The molecule has 0 aliphatic carbocycles. The van der Waals surface area contributed by atoms with E-state index in [-0.39, 0.29) is 0 Å². The molecule has 2 N–H and O–H groups in total. The van der Waals surface area contributed by atoms with Crippen LogP contribution in [0, 0.1) is 6.92 Å². The predicted molar refractivity (Wildman–Crippen MR) is 128 cm³/mol. The van der Waals surface area contributed by atoms with Crippen LogP contribution >= 0.6 is 0 Å². The molecule has 0 fully saturated rings. The SMILES string of the molecule is COC(=O)C1=C(c2ccc(OC)cc2)NC(=O)NC1c1cccc(OCc2ccc(C)cc2)c1. The van der Waals surface area contributed by atoms with E-state index in [1.165, 1.54) is 12.7 Å². The number of hydrogen-bond donors (Lipinski definition) is 2. The summed E-state index contributed by atoms with van der Waals surface area (Å²) in [5.74, 6) is 0.745. The van der Waals surface area contributed by atoms with Gasteiger partial charge in [-0.2, -0.15) is 0 Å². The van der Waals surface area contributed by atoms with Gasteiger partial charge in [-0.1, -0.05) is 42.0 Å². The fourth-order valence-corrected chi connectivity index (χ4v) is 3.76. The van der Waals surface area contributed by atoms with Gasteiger partial charge in [0, 0.05) is 0 Å². The van der Waals surface area contributed by atoms with Crippen molar-refractivity contribution in [1.29, 1.82) is 0 Å². The average molecular weight is 459 g/mol. The number of aryl methyl sites for hydroxylation is 1. The van der Waals surface area contributed by atoms with Gasteiger partial charge >= 0.3 is 12.0 Å². The molecule has 0 saturated carbocycles. The number of carbonyl (C=O) groups is 2. The van der Waals surface area contributed by atoms with Crippen molar-refractivity contribution < 1.29 is 23.8 Å². The Kier molecular flexibility index (Phi) is 6.82. The van der Waals surface area contributed by atoms with Gasteiger partial charge in [-0.05, 0) is 60.0 Å². The van der Waals surface area contributed by atoms with Crippen LogP contribution in [-0.4, -0.2) is 26.2 Å². The van der Waals surface area contributed by atoms with Crippen molar-refractivity contribution in [2.24, 2.45) is 0 Å². The lowest BCUT2D eigenvalue weighted by atomic mass is 9.92. The van der Waals surface area contributed by atoms with Gasteiger partial charge in [-0.3, -0.25) is 0 Å². The lowest BCUT2D eigenvalue weighted by Crippen LogP contribution is -2.45. The number of nitrogens with one attached hydrogen (secondary N) is 2. The van der Waals surface area contributed by atoms with Gasteiger partial charge in [0.25, 0.3) is 0 Å². The number of hydrogen-bond acceptors (Lipinski definition) is 5. The van der Waals surface area contributed by atoms with Crippen LogP contribution in [0.25, 0.3) is 5.70 Å². The van der Waals surface area contributed by atoms with Gasteiger partial charge in [-0.25, -0.2) is 9.59 Å². The van der Waals surface area contributed by atoms with E-state index in [9.17, 15) is 9.59 Å². The van der Waals surface area contributed by atoms with Crippen molar-refractivity contribution in [1.82, 2.24) is 10.6 Å². The molecule has 1 aliphatic rings. The number of esters is 1. The monoisotopic (exact) mass is 458 g/mol. The van der Waals surface area contributed by atoms with Crippen LogP contribution < -0.4 is 20.1 Å². The molecule has 34 heavy (non-hydrogen) atoms. The molecular weight excluding hydrogens is 432 g/mol. The largest absolute Gasteiger partial charge is 0.497 e. The first kappa shape index (κ1) is 22.9. The molecule has 1 unspecified atom stereocenters. The minimum atomic E-state index is -0.721. The van der Waals surface area contributed by atoms with Crippen molar-refractivity contribution in [3.05, 3.63) is 101 Å². The van der Waals surface area contributed by atoms with E-state index in [0.717, 1.165) is 5.56 Å². The van der Waals surface area contributed by atoms with E-state index in [1.54, 1.807) is 31.4 Å². The first-order valence-electron chi connectivity index (χ1n) is 10.8. The fourth-order valence-electron chi connectivity index (χ4n) is 3.76. The summed E-state index contributed by atoms with van der Waals surface area (Å²) in [5.41, 5.74) is 4.26. The molecule has 3 aromatic rings. The first-order valence-corrected chi connectivity index (χ1v) is 10.8. The molecule has 7 heteroatoms. The van der Waals surface area contributed by atoms with Crippen LogP contribution in [-0.2, 0) is 16.1 Å². The van der Waals surface area contributed by atoms with Crippen LogP contribution in [0.3, 0.4) is 0 Å². The maximum atomic E-state index is 12.9. The molecule has 0 aromatic heterocycles. The molecule has 0 spiro atoms. The van der Waals surface area contributed by atoms with E-state index in [0.29, 0.717) is 40.5 Å². The fraction of sp³-hybridized carbons (Fsp3) is 0.185. The summed E-state index contributed by atoms with van der Waals surface area (Å²) < 4.78 is 16.3. The number of urea groups is 1. The highest BCUT2D eigenvalue weighted by Crippen LogP contribution is 2.33. The second kappa shape index (κ2) is 10.1. The summed E-state index contributed by atoms with van der Waals surface area (Å²) in [5, 5.41) is 5.60. The molecule has 0 bridgehead atoms. The number of carbonyl (C=O) groups excluding carboxylic acids is 2. The van der Waals surface area contributed by atoms with Crippen molar-refractivity contribution in [3.8, 4) is 11.5 Å². The smallest absolute Gasteiger partial charge is 0.338 e. The quantitative estimate of drug-likeness (QED) is 0.509.